The van der Waals surface area contributed by atoms with Gasteiger partial charge in [0.2, 0.25) is 0 Å². The van der Waals surface area contributed by atoms with E-state index in [0.29, 0.717) is 17.5 Å². The molecule has 4 aromatic rings. The minimum atomic E-state index is 0.220. The molecule has 28 heavy (non-hydrogen) atoms. The average molecular weight is 397 g/mol. The van der Waals surface area contributed by atoms with Gasteiger partial charge in [-0.25, -0.2) is 4.98 Å². The molecule has 2 atom stereocenters. The number of benzene rings is 1. The van der Waals surface area contributed by atoms with Crippen LogP contribution in [0, 0.1) is 0 Å². The van der Waals surface area contributed by atoms with E-state index in [1.807, 2.05) is 37.6 Å². The van der Waals surface area contributed by atoms with Gasteiger partial charge in [-0.05, 0) is 38.0 Å². The van der Waals surface area contributed by atoms with Gasteiger partial charge < -0.3 is 9.30 Å². The summed E-state index contributed by atoms with van der Waals surface area (Å²) in [6, 6.07) is 6.13. The molecule has 0 bridgehead atoms. The zero-order valence-corrected chi connectivity index (χ0v) is 16.6. The lowest BCUT2D eigenvalue weighted by molar-refractivity contribution is 0.00631. The molecule has 0 N–H and O–H groups in total. The van der Waals surface area contributed by atoms with Gasteiger partial charge in [-0.1, -0.05) is 16.8 Å². The van der Waals surface area contributed by atoms with Crippen LogP contribution in [0.3, 0.4) is 0 Å². The number of imidazole rings is 1. The maximum Gasteiger partial charge on any atom is 0.116 e. The number of hydrogen-bond donors (Lipinski definition) is 0. The minimum absolute atomic E-state index is 0.220. The van der Waals surface area contributed by atoms with Crippen molar-refractivity contribution >= 4 is 33.5 Å². The molecule has 0 amide bonds. The molecule has 8 heteroatoms. The molecule has 0 radical (unpaired) electrons. The Morgan fingerprint density at radius 3 is 2.96 bits per heavy atom. The second-order valence-electron chi connectivity index (χ2n) is 7.47. The average Bonchev–Trinajstić information content (AvgIpc) is 3.25. The predicted octanol–water partition coefficient (Wildman–Crippen LogP) is 3.70. The number of nitrogens with zero attached hydrogens (tertiary/aromatic N) is 6. The minimum Gasteiger partial charge on any atom is -0.378 e. The Labute approximate surface area is 167 Å². The largest absolute Gasteiger partial charge is 0.378 e. The van der Waals surface area contributed by atoms with Crippen molar-refractivity contribution in [2.45, 2.75) is 38.3 Å². The topological polar surface area (TPSA) is 70.7 Å². The van der Waals surface area contributed by atoms with E-state index < -0.39 is 0 Å². The van der Waals surface area contributed by atoms with E-state index in [9.17, 15) is 0 Å². The van der Waals surface area contributed by atoms with Crippen molar-refractivity contribution in [1.82, 2.24) is 29.5 Å². The predicted molar refractivity (Wildman–Crippen MR) is 108 cm³/mol. The molecule has 0 spiro atoms. The van der Waals surface area contributed by atoms with Gasteiger partial charge in [-0.2, -0.15) is 0 Å². The van der Waals surface area contributed by atoms with Crippen LogP contribution in [0.15, 0.2) is 30.6 Å². The van der Waals surface area contributed by atoms with Crippen LogP contribution in [0.2, 0.25) is 5.02 Å². The van der Waals surface area contributed by atoms with Crippen molar-refractivity contribution in [3.8, 4) is 0 Å². The summed E-state index contributed by atoms with van der Waals surface area (Å²) in [5.41, 5.74) is 3.79. The summed E-state index contributed by atoms with van der Waals surface area (Å²) in [5.74, 6) is 0.976. The van der Waals surface area contributed by atoms with Gasteiger partial charge >= 0.3 is 0 Å². The molecule has 0 aliphatic carbocycles. The molecule has 0 saturated carbocycles. The van der Waals surface area contributed by atoms with Gasteiger partial charge in [0.05, 0.1) is 35.4 Å². The molecular formula is C20H21ClN6O. The number of hydrogen-bond acceptors (Lipinski definition) is 5. The number of fused-ring (bicyclic) bond motifs is 3. The smallest absolute Gasteiger partial charge is 0.116 e. The number of rotatable bonds is 3. The summed E-state index contributed by atoms with van der Waals surface area (Å²) in [5, 5.41) is 10.0. The lowest BCUT2D eigenvalue weighted by Crippen LogP contribution is -2.26. The van der Waals surface area contributed by atoms with E-state index in [2.05, 4.69) is 26.8 Å². The van der Waals surface area contributed by atoms with E-state index in [1.165, 1.54) is 0 Å². The van der Waals surface area contributed by atoms with Crippen LogP contribution in [0.1, 0.15) is 37.3 Å². The first-order valence-corrected chi connectivity index (χ1v) is 9.88. The Morgan fingerprint density at radius 1 is 1.29 bits per heavy atom. The molecule has 1 fully saturated rings. The third-order valence-electron chi connectivity index (χ3n) is 5.36. The molecule has 7 nitrogen and oxygen atoms in total. The summed E-state index contributed by atoms with van der Waals surface area (Å²) in [6.45, 7) is 2.88. The Kier molecular flexibility index (Phi) is 4.29. The number of aromatic nitrogens is 6. The van der Waals surface area contributed by atoms with Gasteiger partial charge in [0.15, 0.2) is 0 Å². The maximum absolute atomic E-state index is 6.32. The van der Waals surface area contributed by atoms with Crippen molar-refractivity contribution < 1.29 is 4.74 Å². The van der Waals surface area contributed by atoms with Crippen molar-refractivity contribution in [3.05, 3.63) is 47.1 Å². The van der Waals surface area contributed by atoms with E-state index in [0.717, 1.165) is 52.9 Å². The van der Waals surface area contributed by atoms with Crippen LogP contribution in [0.4, 0.5) is 0 Å². The molecule has 4 heterocycles. The second kappa shape index (κ2) is 6.83. The van der Waals surface area contributed by atoms with Crippen LogP contribution in [0.5, 0.6) is 0 Å². The highest BCUT2D eigenvalue weighted by Crippen LogP contribution is 2.34. The molecule has 1 aliphatic heterocycles. The first kappa shape index (κ1) is 17.6. The maximum atomic E-state index is 6.32. The van der Waals surface area contributed by atoms with Crippen molar-refractivity contribution in [3.63, 3.8) is 0 Å². The quantitative estimate of drug-likeness (QED) is 0.528. The number of aryl methyl sites for hydroxylation is 1. The molecule has 1 saturated heterocycles. The summed E-state index contributed by atoms with van der Waals surface area (Å²) < 4.78 is 9.88. The monoisotopic (exact) mass is 396 g/mol. The first-order chi connectivity index (χ1) is 13.6. The fourth-order valence-electron chi connectivity index (χ4n) is 4.16. The standard InChI is InChI=1S/C20H21ClN6O/c1-12-7-15(5-6-28-12)27-19(9-14-11-26(2)25-24-14)23-18-10-22-17-4-3-13(21)8-16(17)20(18)27/h3-4,8,10-12,15H,5-7,9H2,1-2H3/t12-,15-/m1/s1. The lowest BCUT2D eigenvalue weighted by Gasteiger charge is -2.30. The zero-order valence-electron chi connectivity index (χ0n) is 15.8. The summed E-state index contributed by atoms with van der Waals surface area (Å²) in [6.07, 6.45) is 6.53. The van der Waals surface area contributed by atoms with Gasteiger partial charge in [-0.15, -0.1) is 5.10 Å². The Morgan fingerprint density at radius 2 is 2.18 bits per heavy atom. The summed E-state index contributed by atoms with van der Waals surface area (Å²) >= 11 is 6.32. The third kappa shape index (κ3) is 3.04. The first-order valence-electron chi connectivity index (χ1n) is 9.50. The highest BCUT2D eigenvalue weighted by Gasteiger charge is 2.26. The van der Waals surface area contributed by atoms with Crippen LogP contribution >= 0.6 is 11.6 Å². The normalized spacial score (nSPS) is 20.2. The van der Waals surface area contributed by atoms with Gasteiger partial charge in [0.1, 0.15) is 11.3 Å². The summed E-state index contributed by atoms with van der Waals surface area (Å²) in [4.78, 5) is 9.52. The molecule has 144 valence electrons. The fourth-order valence-corrected chi connectivity index (χ4v) is 4.33. The van der Waals surface area contributed by atoms with E-state index in [-0.39, 0.29) is 6.10 Å². The van der Waals surface area contributed by atoms with Gasteiger partial charge in [-0.3, -0.25) is 9.67 Å². The lowest BCUT2D eigenvalue weighted by atomic mass is 10.0. The molecule has 1 aliphatic rings. The Balaban J connectivity index is 1.74. The highest BCUT2D eigenvalue weighted by atomic mass is 35.5. The van der Waals surface area contributed by atoms with Crippen molar-refractivity contribution in [2.24, 2.45) is 7.05 Å². The summed E-state index contributed by atoms with van der Waals surface area (Å²) in [7, 11) is 1.87. The van der Waals surface area contributed by atoms with E-state index >= 15 is 0 Å². The number of ether oxygens (including phenoxy) is 1. The Bertz CT molecular complexity index is 1170. The number of halogens is 1. The van der Waals surface area contributed by atoms with Gasteiger partial charge in [0, 0.05) is 36.3 Å². The third-order valence-corrected chi connectivity index (χ3v) is 5.60. The molecule has 0 unspecified atom stereocenters. The van der Waals surface area contributed by atoms with Crippen LogP contribution < -0.4 is 0 Å². The van der Waals surface area contributed by atoms with E-state index in [4.69, 9.17) is 21.3 Å². The molecule has 5 rings (SSSR count). The molecule has 1 aromatic carbocycles. The van der Waals surface area contributed by atoms with Crippen LogP contribution in [-0.2, 0) is 18.2 Å². The van der Waals surface area contributed by atoms with Crippen molar-refractivity contribution in [2.75, 3.05) is 6.61 Å². The highest BCUT2D eigenvalue weighted by molar-refractivity contribution is 6.31. The fraction of sp³-hybridized carbons (Fsp3) is 0.400. The zero-order chi connectivity index (χ0) is 19.3. The molecular weight excluding hydrogens is 376 g/mol. The van der Waals surface area contributed by atoms with Crippen LogP contribution in [0.25, 0.3) is 21.9 Å². The number of pyridine rings is 1. The van der Waals surface area contributed by atoms with Gasteiger partial charge in [0.25, 0.3) is 0 Å². The van der Waals surface area contributed by atoms with Crippen molar-refractivity contribution in [1.29, 1.82) is 0 Å². The van der Waals surface area contributed by atoms with Crippen LogP contribution in [-0.4, -0.2) is 42.2 Å². The SMILES string of the molecule is C[C@@H]1C[C@H](n2c(Cc3cn(C)nn3)nc3cnc4ccc(Cl)cc4c32)CCO1. The second-order valence-corrected chi connectivity index (χ2v) is 7.91. The molecule has 3 aromatic heterocycles. The van der Waals surface area contributed by atoms with E-state index in [1.54, 1.807) is 4.68 Å². The Hall–Kier alpha value is -2.51.